The third kappa shape index (κ3) is 1.28. The first kappa shape index (κ1) is 10.1. The fourth-order valence-electron chi connectivity index (χ4n) is 2.22. The molecular formula is C13H10INO. The van der Waals surface area contributed by atoms with Gasteiger partial charge < -0.3 is 10.8 Å². The summed E-state index contributed by atoms with van der Waals surface area (Å²) in [4.78, 5) is 0. The van der Waals surface area contributed by atoms with E-state index in [0.717, 1.165) is 31.5 Å². The number of fused-ring (bicyclic) bond motifs is 3. The van der Waals surface area contributed by atoms with E-state index < -0.39 is 6.10 Å². The first-order valence-electron chi connectivity index (χ1n) is 5.05. The molecule has 1 aliphatic carbocycles. The Morgan fingerprint density at radius 3 is 2.62 bits per heavy atom. The summed E-state index contributed by atoms with van der Waals surface area (Å²) in [5, 5.41) is 10.2. The lowest BCUT2D eigenvalue weighted by molar-refractivity contribution is 0.225. The number of aliphatic hydroxyl groups is 1. The van der Waals surface area contributed by atoms with E-state index in [4.69, 9.17) is 5.73 Å². The lowest BCUT2D eigenvalue weighted by Gasteiger charge is -2.07. The van der Waals surface area contributed by atoms with Gasteiger partial charge in [0.2, 0.25) is 0 Å². The van der Waals surface area contributed by atoms with Gasteiger partial charge in [0.1, 0.15) is 6.10 Å². The summed E-state index contributed by atoms with van der Waals surface area (Å²) in [6.07, 6.45) is -0.537. The Kier molecular flexibility index (Phi) is 2.19. The number of hydrogen-bond acceptors (Lipinski definition) is 2. The van der Waals surface area contributed by atoms with Crippen LogP contribution < -0.4 is 5.73 Å². The standard InChI is InChI=1S/C13H10INO/c14-11-5-9-7-3-1-2-4-8(7)13(16)10(9)6-12(11)15/h1-6,13,16H,15H2/t13-/m1/s1. The summed E-state index contributed by atoms with van der Waals surface area (Å²) in [7, 11) is 0. The Labute approximate surface area is 107 Å². The second-order valence-electron chi connectivity index (χ2n) is 3.95. The van der Waals surface area contributed by atoms with Gasteiger partial charge in [0.25, 0.3) is 0 Å². The van der Waals surface area contributed by atoms with Gasteiger partial charge in [0.15, 0.2) is 0 Å². The van der Waals surface area contributed by atoms with Gasteiger partial charge in [0.05, 0.1) is 0 Å². The summed E-state index contributed by atoms with van der Waals surface area (Å²) in [6.45, 7) is 0. The van der Waals surface area contributed by atoms with Crippen molar-refractivity contribution in [1.82, 2.24) is 0 Å². The SMILES string of the molecule is Nc1cc2c(cc1I)-c1ccccc1[C@H]2O. The predicted octanol–water partition coefficient (Wildman–Crippen LogP) is 2.94. The van der Waals surface area contributed by atoms with Crippen LogP contribution in [-0.2, 0) is 0 Å². The second kappa shape index (κ2) is 3.46. The van der Waals surface area contributed by atoms with Crippen molar-refractivity contribution in [3.05, 3.63) is 51.1 Å². The number of benzene rings is 2. The molecule has 3 N–H and O–H groups in total. The maximum absolute atomic E-state index is 10.2. The van der Waals surface area contributed by atoms with Gasteiger partial charge in [-0.05, 0) is 57.0 Å². The number of anilines is 1. The van der Waals surface area contributed by atoms with Gasteiger partial charge in [-0.15, -0.1) is 0 Å². The van der Waals surface area contributed by atoms with Crippen molar-refractivity contribution in [2.24, 2.45) is 0 Å². The largest absolute Gasteiger partial charge is 0.398 e. The minimum absolute atomic E-state index is 0.537. The number of nitrogens with two attached hydrogens (primary N) is 1. The van der Waals surface area contributed by atoms with Gasteiger partial charge in [-0.1, -0.05) is 24.3 Å². The zero-order valence-electron chi connectivity index (χ0n) is 8.44. The average molecular weight is 323 g/mol. The first-order chi connectivity index (χ1) is 7.68. The molecule has 0 bridgehead atoms. The van der Waals surface area contributed by atoms with E-state index in [9.17, 15) is 5.11 Å². The smallest absolute Gasteiger partial charge is 0.105 e. The maximum atomic E-state index is 10.2. The highest BCUT2D eigenvalue weighted by molar-refractivity contribution is 14.1. The molecule has 0 saturated carbocycles. The molecule has 0 fully saturated rings. The fourth-order valence-corrected chi connectivity index (χ4v) is 2.68. The van der Waals surface area contributed by atoms with Crippen molar-refractivity contribution >= 4 is 28.3 Å². The molecule has 1 atom stereocenters. The van der Waals surface area contributed by atoms with Crippen LogP contribution in [0.1, 0.15) is 17.2 Å². The van der Waals surface area contributed by atoms with Gasteiger partial charge in [-0.25, -0.2) is 0 Å². The van der Waals surface area contributed by atoms with Gasteiger partial charge in [0, 0.05) is 9.26 Å². The summed E-state index contributed by atoms with van der Waals surface area (Å²) in [5.74, 6) is 0. The highest BCUT2D eigenvalue weighted by atomic mass is 127. The molecule has 0 aliphatic heterocycles. The number of aliphatic hydroxyl groups excluding tert-OH is 1. The first-order valence-corrected chi connectivity index (χ1v) is 6.12. The van der Waals surface area contributed by atoms with Crippen LogP contribution in [0.15, 0.2) is 36.4 Å². The molecule has 0 spiro atoms. The number of halogens is 1. The minimum atomic E-state index is -0.537. The zero-order valence-corrected chi connectivity index (χ0v) is 10.6. The Morgan fingerprint density at radius 2 is 1.81 bits per heavy atom. The van der Waals surface area contributed by atoms with Crippen LogP contribution in [0.3, 0.4) is 0 Å². The van der Waals surface area contributed by atoms with E-state index in [1.807, 2.05) is 36.4 Å². The van der Waals surface area contributed by atoms with Gasteiger partial charge >= 0.3 is 0 Å². The van der Waals surface area contributed by atoms with Crippen LogP contribution in [0, 0.1) is 3.57 Å². The zero-order chi connectivity index (χ0) is 11.3. The Balaban J connectivity index is 2.34. The number of nitrogen functional groups attached to an aromatic ring is 1. The van der Waals surface area contributed by atoms with Crippen LogP contribution in [0.25, 0.3) is 11.1 Å². The highest BCUT2D eigenvalue weighted by Crippen LogP contribution is 2.44. The summed E-state index contributed by atoms with van der Waals surface area (Å²) < 4.78 is 1.03. The van der Waals surface area contributed by atoms with Crippen molar-refractivity contribution < 1.29 is 5.11 Å². The molecule has 3 heteroatoms. The second-order valence-corrected chi connectivity index (χ2v) is 5.11. The van der Waals surface area contributed by atoms with Crippen LogP contribution in [0.2, 0.25) is 0 Å². The maximum Gasteiger partial charge on any atom is 0.105 e. The summed E-state index contributed by atoms with van der Waals surface area (Å²) in [5.41, 5.74) is 10.7. The molecule has 0 aromatic heterocycles. The van der Waals surface area contributed by atoms with E-state index in [1.165, 1.54) is 0 Å². The van der Waals surface area contributed by atoms with Crippen LogP contribution in [0.4, 0.5) is 5.69 Å². The molecular weight excluding hydrogens is 313 g/mol. The molecule has 0 radical (unpaired) electrons. The summed E-state index contributed by atoms with van der Waals surface area (Å²) in [6, 6.07) is 11.9. The number of hydrogen-bond donors (Lipinski definition) is 2. The lowest BCUT2D eigenvalue weighted by Crippen LogP contribution is -1.96. The quantitative estimate of drug-likeness (QED) is 0.578. The van der Waals surface area contributed by atoms with Crippen molar-refractivity contribution in [3.63, 3.8) is 0 Å². The molecule has 80 valence electrons. The Bertz CT molecular complexity index is 580. The van der Waals surface area contributed by atoms with Crippen molar-refractivity contribution in [1.29, 1.82) is 0 Å². The molecule has 3 rings (SSSR count). The number of rotatable bonds is 0. The molecule has 0 amide bonds. The highest BCUT2D eigenvalue weighted by Gasteiger charge is 2.27. The third-order valence-corrected chi connectivity index (χ3v) is 3.94. The molecule has 0 saturated heterocycles. The Hall–Kier alpha value is -1.07. The topological polar surface area (TPSA) is 46.2 Å². The van der Waals surface area contributed by atoms with Crippen LogP contribution >= 0.6 is 22.6 Å². The van der Waals surface area contributed by atoms with E-state index >= 15 is 0 Å². The molecule has 2 aromatic carbocycles. The van der Waals surface area contributed by atoms with Crippen molar-refractivity contribution in [2.45, 2.75) is 6.10 Å². The van der Waals surface area contributed by atoms with Crippen molar-refractivity contribution in [2.75, 3.05) is 5.73 Å². The van der Waals surface area contributed by atoms with Crippen LogP contribution in [-0.4, -0.2) is 5.11 Å². The van der Waals surface area contributed by atoms with Crippen LogP contribution in [0.5, 0.6) is 0 Å². The molecule has 2 aromatic rings. The third-order valence-electron chi connectivity index (χ3n) is 3.01. The molecule has 0 heterocycles. The normalized spacial score (nSPS) is 17.0. The van der Waals surface area contributed by atoms with E-state index in [2.05, 4.69) is 22.6 Å². The van der Waals surface area contributed by atoms with Crippen molar-refractivity contribution in [3.8, 4) is 11.1 Å². The predicted molar refractivity (Wildman–Crippen MR) is 73.1 cm³/mol. The average Bonchev–Trinajstić information content (AvgIpc) is 2.55. The van der Waals surface area contributed by atoms with E-state index in [-0.39, 0.29) is 0 Å². The molecule has 16 heavy (non-hydrogen) atoms. The monoisotopic (exact) mass is 323 g/mol. The Morgan fingerprint density at radius 1 is 1.06 bits per heavy atom. The fraction of sp³-hybridized carbons (Fsp3) is 0.0769. The molecule has 2 nitrogen and oxygen atoms in total. The van der Waals surface area contributed by atoms with E-state index in [1.54, 1.807) is 0 Å². The van der Waals surface area contributed by atoms with Gasteiger partial charge in [-0.3, -0.25) is 0 Å². The molecule has 0 unspecified atom stereocenters. The molecule has 1 aliphatic rings. The minimum Gasteiger partial charge on any atom is -0.398 e. The lowest BCUT2D eigenvalue weighted by atomic mass is 10.1. The van der Waals surface area contributed by atoms with E-state index in [0.29, 0.717) is 0 Å². The van der Waals surface area contributed by atoms with Gasteiger partial charge in [-0.2, -0.15) is 0 Å². The summed E-state index contributed by atoms with van der Waals surface area (Å²) >= 11 is 2.22.